The smallest absolute Gasteiger partial charge is 0.310 e. The zero-order valence-corrected chi connectivity index (χ0v) is 10.8. The van der Waals surface area contributed by atoms with Crippen molar-refractivity contribution in [2.75, 3.05) is 31.7 Å². The average molecular weight is 250 g/mol. The summed E-state index contributed by atoms with van der Waals surface area (Å²) in [6, 6.07) is 3.75. The Morgan fingerprint density at radius 3 is 3.17 bits per heavy atom. The third kappa shape index (κ3) is 2.55. The summed E-state index contributed by atoms with van der Waals surface area (Å²) in [5.41, 5.74) is 0. The summed E-state index contributed by atoms with van der Waals surface area (Å²) in [4.78, 5) is 17.9. The van der Waals surface area contributed by atoms with Gasteiger partial charge in [-0.2, -0.15) is 0 Å². The van der Waals surface area contributed by atoms with Crippen molar-refractivity contribution in [1.29, 1.82) is 0 Å². The first-order chi connectivity index (χ1) is 8.76. The van der Waals surface area contributed by atoms with Crippen LogP contribution in [0, 0.1) is 5.92 Å². The van der Waals surface area contributed by atoms with E-state index in [0.717, 1.165) is 24.5 Å². The van der Waals surface area contributed by atoms with Crippen LogP contribution in [0.3, 0.4) is 0 Å². The molecular formula is C13H18N2O3. The van der Waals surface area contributed by atoms with Gasteiger partial charge in [0, 0.05) is 19.3 Å². The predicted octanol–water partition coefficient (Wildman–Crippen LogP) is 1.48. The Morgan fingerprint density at radius 1 is 1.61 bits per heavy atom. The molecule has 1 aliphatic rings. The standard InChI is InChI=1S/C13H18N2O3/c1-3-18-11-5-4-7-14-12(11)15-8-6-10(9-15)13(16)17-2/h4-5,7,10H,3,6,8-9H2,1-2H3. The van der Waals surface area contributed by atoms with Crippen molar-refractivity contribution >= 4 is 11.8 Å². The Morgan fingerprint density at radius 2 is 2.44 bits per heavy atom. The number of rotatable bonds is 4. The number of carbonyl (C=O) groups is 1. The van der Waals surface area contributed by atoms with Crippen LogP contribution in [0.5, 0.6) is 5.75 Å². The van der Waals surface area contributed by atoms with Gasteiger partial charge >= 0.3 is 5.97 Å². The van der Waals surface area contributed by atoms with Gasteiger partial charge in [0.15, 0.2) is 11.6 Å². The minimum atomic E-state index is -0.147. The van der Waals surface area contributed by atoms with Crippen LogP contribution in [-0.4, -0.2) is 37.8 Å². The number of esters is 1. The van der Waals surface area contributed by atoms with Gasteiger partial charge in [0.1, 0.15) is 0 Å². The first kappa shape index (κ1) is 12.7. The lowest BCUT2D eigenvalue weighted by Gasteiger charge is -2.19. The summed E-state index contributed by atoms with van der Waals surface area (Å²) in [6.07, 6.45) is 2.54. The van der Waals surface area contributed by atoms with E-state index in [1.807, 2.05) is 19.1 Å². The minimum Gasteiger partial charge on any atom is -0.490 e. The first-order valence-corrected chi connectivity index (χ1v) is 6.16. The number of anilines is 1. The molecule has 0 saturated carbocycles. The number of ether oxygens (including phenoxy) is 2. The van der Waals surface area contributed by atoms with E-state index >= 15 is 0 Å². The molecule has 0 bridgehead atoms. The Balaban J connectivity index is 2.11. The molecule has 2 heterocycles. The van der Waals surface area contributed by atoms with Crippen molar-refractivity contribution in [2.45, 2.75) is 13.3 Å². The van der Waals surface area contributed by atoms with Crippen molar-refractivity contribution in [3.63, 3.8) is 0 Å². The highest BCUT2D eigenvalue weighted by Gasteiger charge is 2.30. The van der Waals surface area contributed by atoms with E-state index in [1.54, 1.807) is 6.20 Å². The molecule has 1 saturated heterocycles. The topological polar surface area (TPSA) is 51.7 Å². The molecule has 1 fully saturated rings. The molecule has 1 aromatic rings. The maximum atomic E-state index is 11.5. The van der Waals surface area contributed by atoms with Crippen LogP contribution in [0.4, 0.5) is 5.82 Å². The maximum Gasteiger partial charge on any atom is 0.310 e. The largest absolute Gasteiger partial charge is 0.490 e. The number of methoxy groups -OCH3 is 1. The second-order valence-electron chi connectivity index (χ2n) is 4.21. The third-order valence-electron chi connectivity index (χ3n) is 3.07. The van der Waals surface area contributed by atoms with Crippen molar-refractivity contribution in [1.82, 2.24) is 4.98 Å². The molecule has 0 amide bonds. The van der Waals surface area contributed by atoms with Crippen LogP contribution >= 0.6 is 0 Å². The van der Waals surface area contributed by atoms with Crippen molar-refractivity contribution < 1.29 is 14.3 Å². The molecule has 5 nitrogen and oxygen atoms in total. The molecule has 5 heteroatoms. The quantitative estimate of drug-likeness (QED) is 0.758. The van der Waals surface area contributed by atoms with E-state index in [4.69, 9.17) is 9.47 Å². The van der Waals surface area contributed by atoms with Gasteiger partial charge in [-0.3, -0.25) is 4.79 Å². The van der Waals surface area contributed by atoms with Gasteiger partial charge in [-0.1, -0.05) is 0 Å². The van der Waals surface area contributed by atoms with Crippen LogP contribution in [0.15, 0.2) is 18.3 Å². The normalized spacial score (nSPS) is 18.8. The third-order valence-corrected chi connectivity index (χ3v) is 3.07. The monoisotopic (exact) mass is 250 g/mol. The summed E-state index contributed by atoms with van der Waals surface area (Å²) in [7, 11) is 1.43. The summed E-state index contributed by atoms with van der Waals surface area (Å²) in [5.74, 6) is 1.37. The second kappa shape index (κ2) is 5.71. The molecule has 1 aromatic heterocycles. The van der Waals surface area contributed by atoms with Crippen LogP contribution < -0.4 is 9.64 Å². The molecule has 98 valence electrons. The van der Waals surface area contributed by atoms with Gasteiger partial charge in [-0.05, 0) is 25.5 Å². The lowest BCUT2D eigenvalue weighted by Crippen LogP contribution is -2.24. The fourth-order valence-corrected chi connectivity index (χ4v) is 2.20. The SMILES string of the molecule is CCOc1cccnc1N1CCC(C(=O)OC)C1. The average Bonchev–Trinajstić information content (AvgIpc) is 2.88. The van der Waals surface area contributed by atoms with Crippen LogP contribution in [0.25, 0.3) is 0 Å². The van der Waals surface area contributed by atoms with Crippen LogP contribution in [-0.2, 0) is 9.53 Å². The minimum absolute atomic E-state index is 0.0634. The molecule has 0 aromatic carbocycles. The van der Waals surface area contributed by atoms with Crippen molar-refractivity contribution in [3.8, 4) is 5.75 Å². The molecule has 1 aliphatic heterocycles. The van der Waals surface area contributed by atoms with Gasteiger partial charge in [0.05, 0.1) is 19.6 Å². The maximum absolute atomic E-state index is 11.5. The Labute approximate surface area is 107 Å². The molecule has 18 heavy (non-hydrogen) atoms. The number of hydrogen-bond acceptors (Lipinski definition) is 5. The number of carbonyl (C=O) groups excluding carboxylic acids is 1. The highest BCUT2D eigenvalue weighted by Crippen LogP contribution is 2.30. The van der Waals surface area contributed by atoms with E-state index in [1.165, 1.54) is 7.11 Å². The predicted molar refractivity (Wildman–Crippen MR) is 67.7 cm³/mol. The Kier molecular flexibility index (Phi) is 4.02. The zero-order chi connectivity index (χ0) is 13.0. The van der Waals surface area contributed by atoms with E-state index in [9.17, 15) is 4.79 Å². The second-order valence-corrected chi connectivity index (χ2v) is 4.21. The van der Waals surface area contributed by atoms with Gasteiger partial charge in [-0.15, -0.1) is 0 Å². The van der Waals surface area contributed by atoms with Crippen LogP contribution in [0.2, 0.25) is 0 Å². The number of hydrogen-bond donors (Lipinski definition) is 0. The van der Waals surface area contributed by atoms with Gasteiger partial charge in [0.2, 0.25) is 0 Å². The fraction of sp³-hybridized carbons (Fsp3) is 0.538. The lowest BCUT2D eigenvalue weighted by molar-refractivity contribution is -0.144. The summed E-state index contributed by atoms with van der Waals surface area (Å²) in [5, 5.41) is 0. The highest BCUT2D eigenvalue weighted by atomic mass is 16.5. The molecule has 1 atom stereocenters. The molecule has 0 radical (unpaired) electrons. The summed E-state index contributed by atoms with van der Waals surface area (Å²) >= 11 is 0. The molecular weight excluding hydrogens is 232 g/mol. The molecule has 0 aliphatic carbocycles. The number of nitrogens with zero attached hydrogens (tertiary/aromatic N) is 2. The van der Waals surface area contributed by atoms with Crippen LogP contribution in [0.1, 0.15) is 13.3 Å². The van der Waals surface area contributed by atoms with E-state index in [2.05, 4.69) is 9.88 Å². The number of pyridine rings is 1. The highest BCUT2D eigenvalue weighted by molar-refractivity contribution is 5.74. The Bertz CT molecular complexity index is 422. The van der Waals surface area contributed by atoms with Crippen molar-refractivity contribution in [3.05, 3.63) is 18.3 Å². The Hall–Kier alpha value is -1.78. The first-order valence-electron chi connectivity index (χ1n) is 6.16. The van der Waals surface area contributed by atoms with E-state index in [0.29, 0.717) is 13.2 Å². The van der Waals surface area contributed by atoms with Crippen molar-refractivity contribution in [2.24, 2.45) is 5.92 Å². The molecule has 1 unspecified atom stereocenters. The van der Waals surface area contributed by atoms with Gasteiger partial charge in [-0.25, -0.2) is 4.98 Å². The van der Waals surface area contributed by atoms with E-state index in [-0.39, 0.29) is 11.9 Å². The fourth-order valence-electron chi connectivity index (χ4n) is 2.20. The lowest BCUT2D eigenvalue weighted by atomic mass is 10.1. The molecule has 0 N–H and O–H groups in total. The molecule has 0 spiro atoms. The summed E-state index contributed by atoms with van der Waals surface area (Å²) < 4.78 is 10.3. The number of aromatic nitrogens is 1. The van der Waals surface area contributed by atoms with Gasteiger partial charge in [0.25, 0.3) is 0 Å². The summed E-state index contributed by atoms with van der Waals surface area (Å²) in [6.45, 7) is 3.99. The van der Waals surface area contributed by atoms with Gasteiger partial charge < -0.3 is 14.4 Å². The molecule has 2 rings (SSSR count). The van der Waals surface area contributed by atoms with E-state index < -0.39 is 0 Å². The zero-order valence-electron chi connectivity index (χ0n) is 10.8.